The maximum absolute atomic E-state index is 12.2. The Labute approximate surface area is 121 Å². The van der Waals surface area contributed by atoms with E-state index < -0.39 is 12.0 Å². The molecule has 2 rings (SSSR count). The van der Waals surface area contributed by atoms with Crippen molar-refractivity contribution >= 4 is 23.2 Å². The lowest BCUT2D eigenvalue weighted by Crippen LogP contribution is -2.30. The number of rotatable bonds is 5. The van der Waals surface area contributed by atoms with Gasteiger partial charge in [-0.15, -0.1) is 11.3 Å². The van der Waals surface area contributed by atoms with Gasteiger partial charge in [0.15, 0.2) is 0 Å². The first-order valence-electron chi connectivity index (χ1n) is 6.19. The molecule has 5 heteroatoms. The predicted molar refractivity (Wildman–Crippen MR) is 78.0 cm³/mol. The van der Waals surface area contributed by atoms with Crippen molar-refractivity contribution in [3.63, 3.8) is 0 Å². The normalized spacial score (nSPS) is 11.8. The molecular weight excluding hydrogens is 274 g/mol. The van der Waals surface area contributed by atoms with E-state index in [2.05, 4.69) is 5.32 Å². The van der Waals surface area contributed by atoms with Gasteiger partial charge in [0.05, 0.1) is 17.3 Å². The van der Waals surface area contributed by atoms with Crippen LogP contribution < -0.4 is 5.32 Å². The van der Waals surface area contributed by atoms with Gasteiger partial charge in [-0.05, 0) is 29.5 Å². The highest BCUT2D eigenvalue weighted by Gasteiger charge is 2.20. The van der Waals surface area contributed by atoms with E-state index in [1.807, 2.05) is 48.7 Å². The van der Waals surface area contributed by atoms with Crippen molar-refractivity contribution in [2.75, 3.05) is 0 Å². The molecule has 0 radical (unpaired) electrons. The fourth-order valence-electron chi connectivity index (χ4n) is 1.94. The summed E-state index contributed by atoms with van der Waals surface area (Å²) in [4.78, 5) is 23.8. The zero-order valence-electron chi connectivity index (χ0n) is 11.0. The summed E-state index contributed by atoms with van der Waals surface area (Å²) >= 11 is 1.35. The summed E-state index contributed by atoms with van der Waals surface area (Å²) in [5.74, 6) is -1.17. The van der Waals surface area contributed by atoms with Crippen molar-refractivity contribution in [3.8, 4) is 0 Å². The van der Waals surface area contributed by atoms with E-state index in [1.54, 1.807) is 0 Å². The number of hydrogen-bond acceptors (Lipinski definition) is 3. The van der Waals surface area contributed by atoms with Crippen molar-refractivity contribution in [1.82, 2.24) is 5.32 Å². The Bertz CT molecular complexity index is 607. The third-order valence-electron chi connectivity index (χ3n) is 2.95. The van der Waals surface area contributed by atoms with Crippen LogP contribution in [-0.4, -0.2) is 17.0 Å². The molecule has 1 aromatic heterocycles. The number of nitrogens with one attached hydrogen (secondary N) is 1. The molecule has 1 unspecified atom stereocenters. The van der Waals surface area contributed by atoms with E-state index >= 15 is 0 Å². The molecule has 2 aromatic rings. The van der Waals surface area contributed by atoms with Gasteiger partial charge in [0.2, 0.25) is 0 Å². The number of carbonyl (C=O) groups is 2. The molecule has 0 aliphatic rings. The molecule has 1 aromatic carbocycles. The molecule has 4 nitrogen and oxygen atoms in total. The molecule has 1 heterocycles. The molecule has 1 amide bonds. The molecule has 0 fully saturated rings. The number of benzene rings is 1. The van der Waals surface area contributed by atoms with Crippen LogP contribution in [0.3, 0.4) is 0 Å². The molecule has 1 atom stereocenters. The largest absolute Gasteiger partial charge is 0.481 e. The number of aryl methyl sites for hydroxylation is 1. The lowest BCUT2D eigenvalue weighted by molar-refractivity contribution is -0.137. The molecular formula is C15H15NO3S. The van der Waals surface area contributed by atoms with Crippen LogP contribution in [0.1, 0.15) is 33.3 Å². The minimum atomic E-state index is -0.943. The van der Waals surface area contributed by atoms with Crippen LogP contribution in [0.2, 0.25) is 0 Å². The second kappa shape index (κ2) is 6.34. The molecule has 0 bridgehead atoms. The molecule has 0 spiro atoms. The monoisotopic (exact) mass is 289 g/mol. The van der Waals surface area contributed by atoms with Crippen LogP contribution in [-0.2, 0) is 4.79 Å². The predicted octanol–water partition coefficient (Wildman–Crippen LogP) is 3.00. The summed E-state index contributed by atoms with van der Waals surface area (Å²) < 4.78 is 0. The highest BCUT2D eigenvalue weighted by Crippen LogP contribution is 2.20. The summed E-state index contributed by atoms with van der Waals surface area (Å²) in [6.45, 7) is 1.86. The number of thiophene rings is 1. The number of carboxylic acids is 1. The molecule has 20 heavy (non-hydrogen) atoms. The second-order valence-corrected chi connectivity index (χ2v) is 5.38. The number of aliphatic carboxylic acids is 1. The highest BCUT2D eigenvalue weighted by molar-refractivity contribution is 7.12. The lowest BCUT2D eigenvalue weighted by Gasteiger charge is -2.17. The van der Waals surface area contributed by atoms with Crippen molar-refractivity contribution in [2.45, 2.75) is 19.4 Å². The molecule has 0 saturated carbocycles. The van der Waals surface area contributed by atoms with Crippen LogP contribution in [0.4, 0.5) is 0 Å². The van der Waals surface area contributed by atoms with Gasteiger partial charge in [-0.3, -0.25) is 9.59 Å². The smallest absolute Gasteiger partial charge is 0.305 e. The zero-order valence-corrected chi connectivity index (χ0v) is 11.8. The summed E-state index contributed by atoms with van der Waals surface area (Å²) in [5, 5.41) is 13.6. The van der Waals surface area contributed by atoms with Crippen molar-refractivity contribution in [3.05, 3.63) is 57.8 Å². The first kappa shape index (κ1) is 14.3. The Balaban J connectivity index is 2.18. The SMILES string of the molecule is Cc1ccsc1C(=O)NC(CC(=O)O)c1ccccc1. The van der Waals surface area contributed by atoms with Crippen molar-refractivity contribution in [2.24, 2.45) is 0 Å². The van der Waals surface area contributed by atoms with Crippen LogP contribution in [0.25, 0.3) is 0 Å². The van der Waals surface area contributed by atoms with Crippen molar-refractivity contribution < 1.29 is 14.7 Å². The zero-order chi connectivity index (χ0) is 14.5. The Morgan fingerprint density at radius 1 is 1.25 bits per heavy atom. The highest BCUT2D eigenvalue weighted by atomic mass is 32.1. The maximum atomic E-state index is 12.2. The van der Waals surface area contributed by atoms with Gasteiger partial charge >= 0.3 is 5.97 Å². The van der Waals surface area contributed by atoms with Gasteiger partial charge in [0, 0.05) is 0 Å². The van der Waals surface area contributed by atoms with E-state index in [0.717, 1.165) is 11.1 Å². The first-order chi connectivity index (χ1) is 9.58. The van der Waals surface area contributed by atoms with E-state index in [-0.39, 0.29) is 12.3 Å². The topological polar surface area (TPSA) is 66.4 Å². The van der Waals surface area contributed by atoms with Crippen LogP contribution >= 0.6 is 11.3 Å². The third kappa shape index (κ3) is 3.45. The lowest BCUT2D eigenvalue weighted by atomic mass is 10.0. The Kier molecular flexibility index (Phi) is 4.53. The summed E-state index contributed by atoms with van der Waals surface area (Å²) in [6, 6.07) is 10.5. The molecule has 104 valence electrons. The quantitative estimate of drug-likeness (QED) is 0.889. The van der Waals surface area contributed by atoms with E-state index in [1.165, 1.54) is 11.3 Å². The van der Waals surface area contributed by atoms with Gasteiger partial charge < -0.3 is 10.4 Å². The Hall–Kier alpha value is -2.14. The number of hydrogen-bond donors (Lipinski definition) is 2. The van der Waals surface area contributed by atoms with Crippen molar-refractivity contribution in [1.29, 1.82) is 0 Å². The maximum Gasteiger partial charge on any atom is 0.305 e. The first-order valence-corrected chi connectivity index (χ1v) is 7.07. The van der Waals surface area contributed by atoms with Crippen LogP contribution in [0.15, 0.2) is 41.8 Å². The Morgan fingerprint density at radius 3 is 2.50 bits per heavy atom. The molecule has 2 N–H and O–H groups in total. The van der Waals surface area contributed by atoms with Gasteiger partial charge in [0.1, 0.15) is 0 Å². The Morgan fingerprint density at radius 2 is 1.95 bits per heavy atom. The fraction of sp³-hybridized carbons (Fsp3) is 0.200. The standard InChI is InChI=1S/C15H15NO3S/c1-10-7-8-20-14(10)15(19)16-12(9-13(17)18)11-5-3-2-4-6-11/h2-8,12H,9H2,1H3,(H,16,19)(H,17,18). The van der Waals surface area contributed by atoms with E-state index in [9.17, 15) is 9.59 Å². The number of carbonyl (C=O) groups excluding carboxylic acids is 1. The molecule has 0 aliphatic carbocycles. The fourth-order valence-corrected chi connectivity index (χ4v) is 2.77. The van der Waals surface area contributed by atoms with Crippen LogP contribution in [0.5, 0.6) is 0 Å². The molecule has 0 aliphatic heterocycles. The third-order valence-corrected chi connectivity index (χ3v) is 3.97. The summed E-state index contributed by atoms with van der Waals surface area (Å²) in [5.41, 5.74) is 1.69. The number of amides is 1. The summed E-state index contributed by atoms with van der Waals surface area (Å²) in [6.07, 6.45) is -0.139. The molecule has 0 saturated heterocycles. The van der Waals surface area contributed by atoms with Gasteiger partial charge in [-0.25, -0.2) is 0 Å². The summed E-state index contributed by atoms with van der Waals surface area (Å²) in [7, 11) is 0. The van der Waals surface area contributed by atoms with Gasteiger partial charge in [-0.1, -0.05) is 30.3 Å². The number of carboxylic acid groups (broad SMARTS) is 1. The van der Waals surface area contributed by atoms with Gasteiger partial charge in [0.25, 0.3) is 5.91 Å². The average molecular weight is 289 g/mol. The second-order valence-electron chi connectivity index (χ2n) is 4.47. The van der Waals surface area contributed by atoms with Gasteiger partial charge in [-0.2, -0.15) is 0 Å². The van der Waals surface area contributed by atoms with E-state index in [0.29, 0.717) is 4.88 Å². The minimum absolute atomic E-state index is 0.139. The minimum Gasteiger partial charge on any atom is -0.481 e. The van der Waals surface area contributed by atoms with E-state index in [4.69, 9.17) is 5.11 Å². The van der Waals surface area contributed by atoms with Crippen LogP contribution in [0, 0.1) is 6.92 Å². The average Bonchev–Trinajstić information content (AvgIpc) is 2.85.